The Balaban J connectivity index is 0.00000196. The number of carbonyl (C=O) groups is 1. The van der Waals surface area contributed by atoms with Crippen LogP contribution in [0, 0.1) is 12.7 Å². The molecule has 0 aliphatic carbocycles. The SMILES string of the molecule is Cc1ccc(NC(=O)CCN)c(F)c1.Cl. The highest BCUT2D eigenvalue weighted by molar-refractivity contribution is 5.90. The maximum atomic E-state index is 13.2. The van der Waals surface area contributed by atoms with Crippen molar-refractivity contribution >= 4 is 24.0 Å². The maximum Gasteiger partial charge on any atom is 0.225 e. The van der Waals surface area contributed by atoms with Crippen LogP contribution in [0.4, 0.5) is 10.1 Å². The molecule has 0 atom stereocenters. The summed E-state index contributed by atoms with van der Waals surface area (Å²) < 4.78 is 13.2. The number of anilines is 1. The molecule has 15 heavy (non-hydrogen) atoms. The molecule has 0 saturated carbocycles. The van der Waals surface area contributed by atoms with Crippen LogP contribution in [-0.4, -0.2) is 12.5 Å². The van der Waals surface area contributed by atoms with Crippen LogP contribution in [0.3, 0.4) is 0 Å². The summed E-state index contributed by atoms with van der Waals surface area (Å²) in [5, 5.41) is 2.44. The van der Waals surface area contributed by atoms with Gasteiger partial charge >= 0.3 is 0 Å². The molecule has 0 spiro atoms. The summed E-state index contributed by atoms with van der Waals surface area (Å²) in [5.74, 6) is -0.689. The second-order valence-corrected chi connectivity index (χ2v) is 3.07. The monoisotopic (exact) mass is 232 g/mol. The van der Waals surface area contributed by atoms with Crippen LogP contribution in [-0.2, 0) is 4.79 Å². The number of hydrogen-bond acceptors (Lipinski definition) is 2. The molecular formula is C10H14ClFN2O. The quantitative estimate of drug-likeness (QED) is 0.836. The summed E-state index contributed by atoms with van der Waals surface area (Å²) in [6.45, 7) is 2.05. The fraction of sp³-hybridized carbons (Fsp3) is 0.300. The smallest absolute Gasteiger partial charge is 0.225 e. The number of carbonyl (C=O) groups excluding carboxylic acids is 1. The van der Waals surface area contributed by atoms with Gasteiger partial charge in [0.2, 0.25) is 5.91 Å². The highest BCUT2D eigenvalue weighted by atomic mass is 35.5. The van der Waals surface area contributed by atoms with Crippen LogP contribution < -0.4 is 11.1 Å². The molecule has 1 rings (SSSR count). The molecular weight excluding hydrogens is 219 g/mol. The number of aryl methyl sites for hydroxylation is 1. The minimum Gasteiger partial charge on any atom is -0.330 e. The van der Waals surface area contributed by atoms with Crippen molar-refractivity contribution in [3.8, 4) is 0 Å². The Labute approximate surface area is 94.3 Å². The molecule has 3 N–H and O–H groups in total. The number of halogens is 2. The minimum atomic E-state index is -0.421. The van der Waals surface area contributed by atoms with E-state index in [0.29, 0.717) is 0 Å². The van der Waals surface area contributed by atoms with Gasteiger partial charge in [0.1, 0.15) is 5.82 Å². The van der Waals surface area contributed by atoms with Crippen molar-refractivity contribution in [1.82, 2.24) is 0 Å². The number of rotatable bonds is 3. The Morgan fingerprint density at radius 1 is 1.53 bits per heavy atom. The first-order valence-corrected chi connectivity index (χ1v) is 4.39. The summed E-state index contributed by atoms with van der Waals surface area (Å²) in [6, 6.07) is 4.65. The van der Waals surface area contributed by atoms with Gasteiger partial charge in [0.15, 0.2) is 0 Å². The molecule has 0 radical (unpaired) electrons. The molecule has 0 saturated heterocycles. The highest BCUT2D eigenvalue weighted by Crippen LogP contribution is 2.15. The Kier molecular flexibility index (Phi) is 5.89. The van der Waals surface area contributed by atoms with Crippen molar-refractivity contribution in [2.45, 2.75) is 13.3 Å². The molecule has 0 unspecified atom stereocenters. The third-order valence-corrected chi connectivity index (χ3v) is 1.77. The number of nitrogens with two attached hydrogens (primary N) is 1. The zero-order valence-electron chi connectivity index (χ0n) is 8.42. The molecule has 3 nitrogen and oxygen atoms in total. The van der Waals surface area contributed by atoms with E-state index >= 15 is 0 Å². The van der Waals surface area contributed by atoms with E-state index in [9.17, 15) is 9.18 Å². The van der Waals surface area contributed by atoms with Crippen LogP contribution in [0.25, 0.3) is 0 Å². The van der Waals surface area contributed by atoms with Crippen molar-refractivity contribution in [2.24, 2.45) is 5.73 Å². The van der Waals surface area contributed by atoms with Crippen LogP contribution in [0.2, 0.25) is 0 Å². The average molecular weight is 233 g/mol. The second-order valence-electron chi connectivity index (χ2n) is 3.07. The molecule has 1 amide bonds. The van der Waals surface area contributed by atoms with Gasteiger partial charge in [-0.05, 0) is 24.6 Å². The van der Waals surface area contributed by atoms with E-state index in [1.807, 2.05) is 0 Å². The average Bonchev–Trinajstić information content (AvgIpc) is 2.10. The minimum absolute atomic E-state index is 0. The van der Waals surface area contributed by atoms with Crippen molar-refractivity contribution in [3.05, 3.63) is 29.6 Å². The molecule has 0 aliphatic rings. The third-order valence-electron chi connectivity index (χ3n) is 1.77. The summed E-state index contributed by atoms with van der Waals surface area (Å²) in [4.78, 5) is 11.1. The van der Waals surface area contributed by atoms with Crippen LogP contribution in [0.1, 0.15) is 12.0 Å². The second kappa shape index (κ2) is 6.37. The summed E-state index contributed by atoms with van der Waals surface area (Å²) in [6.07, 6.45) is 0.202. The zero-order valence-corrected chi connectivity index (χ0v) is 9.23. The fourth-order valence-electron chi connectivity index (χ4n) is 1.07. The zero-order chi connectivity index (χ0) is 10.6. The normalized spacial score (nSPS) is 9.27. The molecule has 0 fully saturated rings. The van der Waals surface area contributed by atoms with E-state index < -0.39 is 5.82 Å². The predicted molar refractivity (Wildman–Crippen MR) is 60.7 cm³/mol. The number of nitrogens with one attached hydrogen (secondary N) is 1. The Morgan fingerprint density at radius 2 is 2.20 bits per heavy atom. The van der Waals surface area contributed by atoms with Crippen molar-refractivity contribution in [1.29, 1.82) is 0 Å². The van der Waals surface area contributed by atoms with E-state index in [2.05, 4.69) is 5.32 Å². The van der Waals surface area contributed by atoms with E-state index in [1.165, 1.54) is 6.07 Å². The number of amides is 1. The first kappa shape index (κ1) is 13.9. The van der Waals surface area contributed by atoms with Gasteiger partial charge in [-0.25, -0.2) is 4.39 Å². The molecule has 84 valence electrons. The van der Waals surface area contributed by atoms with Gasteiger partial charge in [-0.1, -0.05) is 6.07 Å². The van der Waals surface area contributed by atoms with Crippen molar-refractivity contribution in [2.75, 3.05) is 11.9 Å². The standard InChI is InChI=1S/C10H13FN2O.ClH/c1-7-2-3-9(8(11)6-7)13-10(14)4-5-12;/h2-3,6H,4-5,12H2,1H3,(H,13,14);1H. The van der Waals surface area contributed by atoms with Gasteiger partial charge in [0, 0.05) is 13.0 Å². The van der Waals surface area contributed by atoms with Gasteiger partial charge < -0.3 is 11.1 Å². The third kappa shape index (κ3) is 4.27. The summed E-state index contributed by atoms with van der Waals surface area (Å²) >= 11 is 0. The largest absolute Gasteiger partial charge is 0.330 e. The predicted octanol–water partition coefficient (Wildman–Crippen LogP) is 1.84. The molecule has 1 aromatic rings. The molecule has 0 heterocycles. The van der Waals surface area contributed by atoms with E-state index in [4.69, 9.17) is 5.73 Å². The Hall–Kier alpha value is -1.13. The summed E-state index contributed by atoms with van der Waals surface area (Å²) in [7, 11) is 0. The summed E-state index contributed by atoms with van der Waals surface area (Å²) in [5.41, 5.74) is 6.21. The molecule has 0 aromatic heterocycles. The Morgan fingerprint density at radius 3 is 2.73 bits per heavy atom. The first-order valence-electron chi connectivity index (χ1n) is 4.39. The van der Waals surface area contributed by atoms with Gasteiger partial charge in [0.05, 0.1) is 5.69 Å². The van der Waals surface area contributed by atoms with Crippen LogP contribution >= 0.6 is 12.4 Å². The molecule has 0 aliphatic heterocycles. The lowest BCUT2D eigenvalue weighted by molar-refractivity contribution is -0.116. The van der Waals surface area contributed by atoms with Gasteiger partial charge in [0.25, 0.3) is 0 Å². The van der Waals surface area contributed by atoms with Crippen LogP contribution in [0.15, 0.2) is 18.2 Å². The van der Waals surface area contributed by atoms with Crippen molar-refractivity contribution in [3.63, 3.8) is 0 Å². The molecule has 0 bridgehead atoms. The van der Waals surface area contributed by atoms with E-state index in [-0.39, 0.29) is 37.0 Å². The van der Waals surface area contributed by atoms with E-state index in [0.717, 1.165) is 5.56 Å². The van der Waals surface area contributed by atoms with Gasteiger partial charge in [-0.2, -0.15) is 0 Å². The van der Waals surface area contributed by atoms with Crippen LogP contribution in [0.5, 0.6) is 0 Å². The lowest BCUT2D eigenvalue weighted by Crippen LogP contribution is -2.16. The topological polar surface area (TPSA) is 55.1 Å². The number of hydrogen-bond donors (Lipinski definition) is 2. The number of benzene rings is 1. The maximum absolute atomic E-state index is 13.2. The fourth-order valence-corrected chi connectivity index (χ4v) is 1.07. The lowest BCUT2D eigenvalue weighted by Gasteiger charge is -2.05. The first-order chi connectivity index (χ1) is 6.63. The van der Waals surface area contributed by atoms with E-state index in [1.54, 1.807) is 19.1 Å². The van der Waals surface area contributed by atoms with Gasteiger partial charge in [-0.3, -0.25) is 4.79 Å². The highest BCUT2D eigenvalue weighted by Gasteiger charge is 2.05. The van der Waals surface area contributed by atoms with Gasteiger partial charge in [-0.15, -0.1) is 12.4 Å². The van der Waals surface area contributed by atoms with Crippen molar-refractivity contribution < 1.29 is 9.18 Å². The Bertz CT molecular complexity index is 344. The molecule has 5 heteroatoms. The molecule has 1 aromatic carbocycles. The lowest BCUT2D eigenvalue weighted by atomic mass is 10.2.